The van der Waals surface area contributed by atoms with Gasteiger partial charge in [0.2, 0.25) is 0 Å². The summed E-state index contributed by atoms with van der Waals surface area (Å²) >= 11 is 5.07. The van der Waals surface area contributed by atoms with Crippen molar-refractivity contribution in [3.63, 3.8) is 0 Å². The van der Waals surface area contributed by atoms with Gasteiger partial charge in [-0.25, -0.2) is 0 Å². The number of thiocarbonyl (C=S) groups is 1. The second kappa shape index (κ2) is 5.36. The van der Waals surface area contributed by atoms with Gasteiger partial charge in [0.15, 0.2) is 0 Å². The molecule has 17 heavy (non-hydrogen) atoms. The largest absolute Gasteiger partial charge is 0.497 e. The monoisotopic (exact) mass is 253 g/mol. The lowest BCUT2D eigenvalue weighted by Crippen LogP contribution is -2.31. The Kier molecular flexibility index (Phi) is 4.34. The maximum atomic E-state index is 5.73. The van der Waals surface area contributed by atoms with Crippen LogP contribution in [0.4, 0.5) is 0 Å². The van der Waals surface area contributed by atoms with Crippen LogP contribution in [0.15, 0.2) is 18.2 Å². The molecule has 0 saturated carbocycles. The first-order chi connectivity index (χ1) is 7.90. The molecule has 0 heterocycles. The zero-order chi connectivity index (χ0) is 13.1. The van der Waals surface area contributed by atoms with Crippen LogP contribution in [0.1, 0.15) is 19.4 Å². The summed E-state index contributed by atoms with van der Waals surface area (Å²) in [4.78, 5) is 0.510. The molecule has 0 saturated heterocycles. The average molecular weight is 253 g/mol. The van der Waals surface area contributed by atoms with Crippen molar-refractivity contribution in [2.24, 2.45) is 11.1 Å². The van der Waals surface area contributed by atoms with Gasteiger partial charge in [0.25, 0.3) is 0 Å². The van der Waals surface area contributed by atoms with Gasteiger partial charge in [0.05, 0.1) is 19.2 Å². The van der Waals surface area contributed by atoms with Gasteiger partial charge in [-0.3, -0.25) is 0 Å². The normalized spacial score (nSPS) is 11.1. The Morgan fingerprint density at radius 1 is 1.29 bits per heavy atom. The van der Waals surface area contributed by atoms with Crippen molar-refractivity contribution in [3.8, 4) is 11.5 Å². The van der Waals surface area contributed by atoms with Crippen LogP contribution in [-0.4, -0.2) is 19.2 Å². The van der Waals surface area contributed by atoms with Crippen LogP contribution in [0, 0.1) is 5.41 Å². The maximum absolute atomic E-state index is 5.73. The molecule has 1 aromatic carbocycles. The number of ether oxygens (including phenoxy) is 2. The van der Waals surface area contributed by atoms with E-state index in [1.54, 1.807) is 14.2 Å². The van der Waals surface area contributed by atoms with Crippen molar-refractivity contribution in [1.29, 1.82) is 0 Å². The third-order valence-electron chi connectivity index (χ3n) is 2.79. The highest BCUT2D eigenvalue weighted by molar-refractivity contribution is 7.80. The molecule has 1 aromatic rings. The Bertz CT molecular complexity index is 416. The highest BCUT2D eigenvalue weighted by atomic mass is 32.1. The molecular weight excluding hydrogens is 234 g/mol. The van der Waals surface area contributed by atoms with Gasteiger partial charge in [0.1, 0.15) is 11.5 Å². The summed E-state index contributed by atoms with van der Waals surface area (Å²) in [6, 6.07) is 5.76. The standard InChI is InChI=1S/C13H19NO2S/c1-13(2,12(14)17)8-9-5-6-10(15-3)7-11(9)16-4/h5-7H,8H2,1-4H3,(H2,14,17). The number of hydrogen-bond donors (Lipinski definition) is 1. The fraction of sp³-hybridized carbons (Fsp3) is 0.462. The molecule has 0 fully saturated rings. The second-order valence-electron chi connectivity index (χ2n) is 4.60. The zero-order valence-electron chi connectivity index (χ0n) is 10.7. The van der Waals surface area contributed by atoms with E-state index in [-0.39, 0.29) is 5.41 Å². The van der Waals surface area contributed by atoms with Gasteiger partial charge in [-0.15, -0.1) is 0 Å². The molecule has 0 unspecified atom stereocenters. The molecule has 1 rings (SSSR count). The summed E-state index contributed by atoms with van der Waals surface area (Å²) in [5, 5.41) is 0. The highest BCUT2D eigenvalue weighted by Gasteiger charge is 2.23. The molecule has 0 aliphatic rings. The maximum Gasteiger partial charge on any atom is 0.125 e. The smallest absolute Gasteiger partial charge is 0.125 e. The molecule has 3 nitrogen and oxygen atoms in total. The molecular formula is C13H19NO2S. The van der Waals surface area contributed by atoms with Gasteiger partial charge in [-0.1, -0.05) is 32.1 Å². The van der Waals surface area contributed by atoms with E-state index in [2.05, 4.69) is 0 Å². The van der Waals surface area contributed by atoms with E-state index < -0.39 is 0 Å². The van der Waals surface area contributed by atoms with Gasteiger partial charge >= 0.3 is 0 Å². The van der Waals surface area contributed by atoms with Crippen LogP contribution >= 0.6 is 12.2 Å². The number of nitrogens with two attached hydrogens (primary N) is 1. The Labute approximate surface area is 108 Å². The van der Waals surface area contributed by atoms with Crippen molar-refractivity contribution < 1.29 is 9.47 Å². The molecule has 0 aliphatic heterocycles. The molecule has 0 spiro atoms. The Balaban J connectivity index is 3.02. The minimum atomic E-state index is -0.225. The average Bonchev–Trinajstić information content (AvgIpc) is 2.29. The third-order valence-corrected chi connectivity index (χ3v) is 3.35. The summed E-state index contributed by atoms with van der Waals surface area (Å²) in [6.07, 6.45) is 0.746. The van der Waals surface area contributed by atoms with Crippen LogP contribution in [0.3, 0.4) is 0 Å². The van der Waals surface area contributed by atoms with Crippen molar-refractivity contribution in [2.45, 2.75) is 20.3 Å². The summed E-state index contributed by atoms with van der Waals surface area (Å²) in [5.41, 5.74) is 6.58. The molecule has 94 valence electrons. The lowest BCUT2D eigenvalue weighted by atomic mass is 9.85. The van der Waals surface area contributed by atoms with Crippen molar-refractivity contribution in [2.75, 3.05) is 14.2 Å². The molecule has 0 radical (unpaired) electrons. The molecule has 0 aromatic heterocycles. The van der Waals surface area contributed by atoms with E-state index in [4.69, 9.17) is 27.4 Å². The minimum absolute atomic E-state index is 0.225. The molecule has 0 atom stereocenters. The topological polar surface area (TPSA) is 44.5 Å². The SMILES string of the molecule is COc1ccc(CC(C)(C)C(N)=S)c(OC)c1. The summed E-state index contributed by atoms with van der Waals surface area (Å²) < 4.78 is 10.5. The lowest BCUT2D eigenvalue weighted by molar-refractivity contribution is 0.386. The van der Waals surface area contributed by atoms with Gasteiger partial charge in [-0.05, 0) is 18.1 Å². The zero-order valence-corrected chi connectivity index (χ0v) is 11.6. The fourth-order valence-corrected chi connectivity index (χ4v) is 1.63. The summed E-state index contributed by atoms with van der Waals surface area (Å²) in [5.74, 6) is 1.58. The van der Waals surface area contributed by atoms with Crippen LogP contribution in [0.25, 0.3) is 0 Å². The summed E-state index contributed by atoms with van der Waals surface area (Å²) in [7, 11) is 3.28. The van der Waals surface area contributed by atoms with E-state index >= 15 is 0 Å². The quantitative estimate of drug-likeness (QED) is 0.819. The Morgan fingerprint density at radius 3 is 2.41 bits per heavy atom. The van der Waals surface area contributed by atoms with E-state index in [1.165, 1.54) is 0 Å². The van der Waals surface area contributed by atoms with Crippen LogP contribution in [0.5, 0.6) is 11.5 Å². The lowest BCUT2D eigenvalue weighted by Gasteiger charge is -2.24. The van der Waals surface area contributed by atoms with E-state index in [0.717, 1.165) is 23.5 Å². The van der Waals surface area contributed by atoms with Gasteiger partial charge in [-0.2, -0.15) is 0 Å². The third kappa shape index (κ3) is 3.33. The van der Waals surface area contributed by atoms with Crippen LogP contribution < -0.4 is 15.2 Å². The Morgan fingerprint density at radius 2 is 1.94 bits per heavy atom. The number of hydrogen-bond acceptors (Lipinski definition) is 3. The highest BCUT2D eigenvalue weighted by Crippen LogP contribution is 2.30. The van der Waals surface area contributed by atoms with Crippen molar-refractivity contribution >= 4 is 17.2 Å². The van der Waals surface area contributed by atoms with E-state index in [0.29, 0.717) is 4.99 Å². The fourth-order valence-electron chi connectivity index (χ4n) is 1.56. The molecule has 0 amide bonds. The van der Waals surface area contributed by atoms with E-state index in [9.17, 15) is 0 Å². The number of rotatable bonds is 5. The van der Waals surface area contributed by atoms with Crippen LogP contribution in [-0.2, 0) is 6.42 Å². The Hall–Kier alpha value is -1.29. The molecule has 0 aliphatic carbocycles. The van der Waals surface area contributed by atoms with Gasteiger partial charge < -0.3 is 15.2 Å². The van der Waals surface area contributed by atoms with Crippen LogP contribution in [0.2, 0.25) is 0 Å². The van der Waals surface area contributed by atoms with Gasteiger partial charge in [0, 0.05) is 11.5 Å². The van der Waals surface area contributed by atoms with Crippen molar-refractivity contribution in [3.05, 3.63) is 23.8 Å². The summed E-state index contributed by atoms with van der Waals surface area (Å²) in [6.45, 7) is 4.05. The first-order valence-corrected chi connectivity index (χ1v) is 5.82. The second-order valence-corrected chi connectivity index (χ2v) is 5.04. The first-order valence-electron chi connectivity index (χ1n) is 5.41. The number of benzene rings is 1. The van der Waals surface area contributed by atoms with E-state index in [1.807, 2.05) is 32.0 Å². The van der Waals surface area contributed by atoms with Crippen molar-refractivity contribution in [1.82, 2.24) is 0 Å². The first kappa shape index (κ1) is 13.8. The predicted molar refractivity (Wildman–Crippen MR) is 73.8 cm³/mol. The predicted octanol–water partition coefficient (Wildman–Crippen LogP) is 2.56. The molecule has 0 bridgehead atoms. The molecule has 4 heteroatoms. The number of methoxy groups -OCH3 is 2. The minimum Gasteiger partial charge on any atom is -0.497 e. The molecule has 2 N–H and O–H groups in total.